The molecule has 0 saturated carbocycles. The number of anilines is 1. The van der Waals surface area contributed by atoms with E-state index in [9.17, 15) is 5.11 Å². The van der Waals surface area contributed by atoms with Crippen molar-refractivity contribution in [3.8, 4) is 11.6 Å². The fraction of sp³-hybridized carbons (Fsp3) is 0.133. The number of aromatic hydroxyl groups is 1. The third-order valence-corrected chi connectivity index (χ3v) is 3.21. The zero-order valence-corrected chi connectivity index (χ0v) is 11.6. The molecule has 0 fully saturated rings. The highest BCUT2D eigenvalue weighted by Gasteiger charge is 2.08. The van der Waals surface area contributed by atoms with Crippen LogP contribution in [0.4, 0.5) is 5.69 Å². The molecule has 0 aliphatic carbocycles. The molecular formula is C15H15N5O. The van der Waals surface area contributed by atoms with Crippen molar-refractivity contribution < 1.29 is 5.11 Å². The number of nitrogens with zero attached hydrogens (tertiary/aromatic N) is 4. The second-order valence-electron chi connectivity index (χ2n) is 4.65. The Morgan fingerprint density at radius 3 is 2.95 bits per heavy atom. The predicted octanol–water partition coefficient (Wildman–Crippen LogP) is 2.29. The van der Waals surface area contributed by atoms with Gasteiger partial charge in [-0.3, -0.25) is 0 Å². The third-order valence-electron chi connectivity index (χ3n) is 3.21. The van der Waals surface area contributed by atoms with Gasteiger partial charge in [0.25, 0.3) is 0 Å². The highest BCUT2D eigenvalue weighted by molar-refractivity contribution is 5.56. The number of hydrogen-bond acceptors (Lipinski definition) is 5. The molecule has 0 amide bonds. The van der Waals surface area contributed by atoms with Crippen LogP contribution in [-0.4, -0.2) is 24.9 Å². The van der Waals surface area contributed by atoms with Crippen molar-refractivity contribution in [1.29, 1.82) is 0 Å². The van der Waals surface area contributed by atoms with E-state index in [-0.39, 0.29) is 0 Å². The topological polar surface area (TPSA) is 75.9 Å². The molecule has 2 aromatic heterocycles. The lowest BCUT2D eigenvalue weighted by molar-refractivity contribution is 0.465. The summed E-state index contributed by atoms with van der Waals surface area (Å²) in [6.07, 6.45) is 4.76. The Hall–Kier alpha value is -2.89. The van der Waals surface area contributed by atoms with Crippen molar-refractivity contribution in [2.24, 2.45) is 0 Å². The van der Waals surface area contributed by atoms with E-state index in [1.807, 2.05) is 37.3 Å². The van der Waals surface area contributed by atoms with Gasteiger partial charge in [0.15, 0.2) is 5.82 Å². The Bertz CT molecular complexity index is 740. The second-order valence-corrected chi connectivity index (χ2v) is 4.65. The van der Waals surface area contributed by atoms with E-state index in [0.717, 1.165) is 16.8 Å². The average molecular weight is 281 g/mol. The summed E-state index contributed by atoms with van der Waals surface area (Å²) in [6.45, 7) is 2.38. The Morgan fingerprint density at radius 1 is 1.24 bits per heavy atom. The van der Waals surface area contributed by atoms with Crippen LogP contribution in [-0.2, 0) is 6.54 Å². The number of nitrogens with one attached hydrogen (secondary N) is 1. The summed E-state index contributed by atoms with van der Waals surface area (Å²) in [5.74, 6) is 0.985. The lowest BCUT2D eigenvalue weighted by Crippen LogP contribution is -2.07. The fourth-order valence-electron chi connectivity index (χ4n) is 2.09. The monoisotopic (exact) mass is 281 g/mol. The minimum absolute atomic E-state index is 0.316. The molecule has 0 spiro atoms. The first kappa shape index (κ1) is 13.1. The van der Waals surface area contributed by atoms with E-state index in [4.69, 9.17) is 0 Å². The molecule has 0 aliphatic heterocycles. The Balaban J connectivity index is 1.85. The smallest absolute Gasteiger partial charge is 0.178 e. The largest absolute Gasteiger partial charge is 0.507 e. The van der Waals surface area contributed by atoms with Crippen molar-refractivity contribution in [2.75, 3.05) is 5.32 Å². The van der Waals surface area contributed by atoms with Crippen molar-refractivity contribution in [3.63, 3.8) is 0 Å². The van der Waals surface area contributed by atoms with E-state index in [2.05, 4.69) is 20.4 Å². The minimum Gasteiger partial charge on any atom is -0.507 e. The van der Waals surface area contributed by atoms with Gasteiger partial charge in [-0.15, -0.1) is 0 Å². The lowest BCUT2D eigenvalue weighted by Gasteiger charge is -2.12. The van der Waals surface area contributed by atoms with Crippen molar-refractivity contribution in [2.45, 2.75) is 13.5 Å². The second kappa shape index (κ2) is 5.62. The SMILES string of the molecule is Cc1cccc(CNc2cccnc2-n2cncn2)c1O. The zero-order valence-electron chi connectivity index (χ0n) is 11.6. The summed E-state index contributed by atoms with van der Waals surface area (Å²) in [6, 6.07) is 9.45. The number of hydrogen-bond donors (Lipinski definition) is 2. The van der Waals surface area contributed by atoms with Crippen LogP contribution >= 0.6 is 0 Å². The van der Waals surface area contributed by atoms with Crippen LogP contribution in [0.15, 0.2) is 49.2 Å². The number of phenols is 1. The zero-order chi connectivity index (χ0) is 14.7. The number of rotatable bonds is 4. The Morgan fingerprint density at radius 2 is 2.14 bits per heavy atom. The van der Waals surface area contributed by atoms with Gasteiger partial charge in [0.05, 0.1) is 5.69 Å². The van der Waals surface area contributed by atoms with Gasteiger partial charge in [-0.1, -0.05) is 18.2 Å². The highest BCUT2D eigenvalue weighted by atomic mass is 16.3. The molecule has 3 rings (SSSR count). The van der Waals surface area contributed by atoms with E-state index in [1.165, 1.54) is 6.33 Å². The van der Waals surface area contributed by atoms with E-state index >= 15 is 0 Å². The fourth-order valence-corrected chi connectivity index (χ4v) is 2.09. The first-order chi connectivity index (χ1) is 10.3. The van der Waals surface area contributed by atoms with Crippen LogP contribution in [0.2, 0.25) is 0 Å². The normalized spacial score (nSPS) is 10.5. The van der Waals surface area contributed by atoms with Gasteiger partial charge in [-0.25, -0.2) is 14.6 Å². The van der Waals surface area contributed by atoms with E-state index in [1.54, 1.807) is 17.2 Å². The summed E-state index contributed by atoms with van der Waals surface area (Å²) < 4.78 is 1.60. The van der Waals surface area contributed by atoms with Crippen molar-refractivity contribution >= 4 is 5.69 Å². The van der Waals surface area contributed by atoms with Gasteiger partial charge in [0.1, 0.15) is 18.4 Å². The third kappa shape index (κ3) is 2.69. The molecule has 0 aliphatic rings. The number of benzene rings is 1. The van der Waals surface area contributed by atoms with Crippen LogP contribution in [0, 0.1) is 6.92 Å². The summed E-state index contributed by atoms with van der Waals surface area (Å²) in [7, 11) is 0. The molecule has 6 heteroatoms. The minimum atomic E-state index is 0.316. The summed E-state index contributed by atoms with van der Waals surface area (Å²) in [5.41, 5.74) is 2.52. The molecule has 106 valence electrons. The molecular weight excluding hydrogens is 266 g/mol. The molecule has 2 N–H and O–H groups in total. The van der Waals surface area contributed by atoms with Crippen molar-refractivity contribution in [1.82, 2.24) is 19.7 Å². The summed E-state index contributed by atoms with van der Waals surface area (Å²) >= 11 is 0. The number of pyridine rings is 1. The van der Waals surface area contributed by atoms with Crippen LogP contribution in [0.25, 0.3) is 5.82 Å². The first-order valence-electron chi connectivity index (χ1n) is 6.57. The standard InChI is InChI=1S/C15H15N5O/c1-11-4-2-5-12(14(11)21)8-18-13-6-3-7-17-15(13)20-10-16-9-19-20/h2-7,9-10,18,21H,8H2,1H3. The predicted molar refractivity (Wildman–Crippen MR) is 79.3 cm³/mol. The molecule has 0 atom stereocenters. The van der Waals surface area contributed by atoms with E-state index in [0.29, 0.717) is 18.1 Å². The van der Waals surface area contributed by atoms with Gasteiger partial charge < -0.3 is 10.4 Å². The quantitative estimate of drug-likeness (QED) is 0.767. The molecule has 0 radical (unpaired) electrons. The van der Waals surface area contributed by atoms with Gasteiger partial charge in [-0.2, -0.15) is 5.10 Å². The maximum absolute atomic E-state index is 10.0. The molecule has 3 aromatic rings. The van der Waals surface area contributed by atoms with E-state index < -0.39 is 0 Å². The van der Waals surface area contributed by atoms with Gasteiger partial charge in [-0.05, 0) is 24.6 Å². The van der Waals surface area contributed by atoms with Crippen LogP contribution in [0.1, 0.15) is 11.1 Å². The van der Waals surface area contributed by atoms with Gasteiger partial charge in [0, 0.05) is 18.3 Å². The first-order valence-corrected chi connectivity index (χ1v) is 6.57. The number of aryl methyl sites for hydroxylation is 1. The maximum Gasteiger partial charge on any atom is 0.178 e. The molecule has 0 saturated heterocycles. The Labute approximate surface area is 122 Å². The molecule has 2 heterocycles. The maximum atomic E-state index is 10.0. The molecule has 0 unspecified atom stereocenters. The molecule has 6 nitrogen and oxygen atoms in total. The highest BCUT2D eigenvalue weighted by Crippen LogP contribution is 2.23. The lowest BCUT2D eigenvalue weighted by atomic mass is 10.1. The van der Waals surface area contributed by atoms with Gasteiger partial charge >= 0.3 is 0 Å². The van der Waals surface area contributed by atoms with Crippen molar-refractivity contribution in [3.05, 3.63) is 60.3 Å². The number of aromatic nitrogens is 4. The van der Waals surface area contributed by atoms with Gasteiger partial charge in [0.2, 0.25) is 0 Å². The summed E-state index contributed by atoms with van der Waals surface area (Å²) in [5, 5.41) is 17.4. The molecule has 21 heavy (non-hydrogen) atoms. The van der Waals surface area contributed by atoms with Crippen LogP contribution < -0.4 is 5.32 Å². The van der Waals surface area contributed by atoms with Crippen LogP contribution in [0.5, 0.6) is 5.75 Å². The summed E-state index contributed by atoms with van der Waals surface area (Å²) in [4.78, 5) is 8.24. The number of para-hydroxylation sites is 1. The van der Waals surface area contributed by atoms with Crippen LogP contribution in [0.3, 0.4) is 0 Å². The average Bonchev–Trinajstić information content (AvgIpc) is 3.03. The Kier molecular flexibility index (Phi) is 3.51. The molecule has 1 aromatic carbocycles. The molecule has 0 bridgehead atoms. The number of phenolic OH excluding ortho intramolecular Hbond substituents is 1.